The average molecular weight is 230 g/mol. The zero-order valence-corrected chi connectivity index (χ0v) is 11.3. The summed E-state index contributed by atoms with van der Waals surface area (Å²) in [4.78, 5) is 2.44. The Hall–Kier alpha value is 0.270. The van der Waals surface area contributed by atoms with Gasteiger partial charge < -0.3 is 10.2 Å². The maximum atomic E-state index is 3.61. The van der Waals surface area contributed by atoms with Gasteiger partial charge >= 0.3 is 0 Å². The summed E-state index contributed by atoms with van der Waals surface area (Å²) in [5, 5.41) is 3.61. The Morgan fingerprint density at radius 3 is 2.60 bits per heavy atom. The van der Waals surface area contributed by atoms with Gasteiger partial charge in [0.2, 0.25) is 0 Å². The van der Waals surface area contributed by atoms with E-state index in [1.54, 1.807) is 0 Å². The summed E-state index contributed by atoms with van der Waals surface area (Å²) in [7, 11) is 2.23. The molecule has 1 heterocycles. The molecule has 1 saturated heterocycles. The lowest BCUT2D eigenvalue weighted by Gasteiger charge is -2.38. The predicted molar refractivity (Wildman–Crippen MR) is 70.7 cm³/mol. The van der Waals surface area contributed by atoms with Gasteiger partial charge in [-0.2, -0.15) is 11.8 Å². The van der Waals surface area contributed by atoms with Crippen molar-refractivity contribution in [3.63, 3.8) is 0 Å². The first-order valence-corrected chi connectivity index (χ1v) is 7.44. The highest BCUT2D eigenvalue weighted by Gasteiger charge is 2.27. The summed E-state index contributed by atoms with van der Waals surface area (Å²) >= 11 is 1.94. The Morgan fingerprint density at radius 2 is 2.00 bits per heavy atom. The minimum Gasteiger partial charge on any atom is -0.316 e. The summed E-state index contributed by atoms with van der Waals surface area (Å²) in [6.45, 7) is 7.36. The van der Waals surface area contributed by atoms with Crippen LogP contribution < -0.4 is 5.32 Å². The number of thioether (sulfide) groups is 1. The van der Waals surface area contributed by atoms with Gasteiger partial charge in [-0.05, 0) is 63.4 Å². The Balaban J connectivity index is 2.08. The third-order valence-corrected chi connectivity index (χ3v) is 4.14. The van der Waals surface area contributed by atoms with E-state index in [9.17, 15) is 0 Å². The fourth-order valence-corrected chi connectivity index (χ4v) is 2.50. The first-order valence-electron chi connectivity index (χ1n) is 6.04. The van der Waals surface area contributed by atoms with Crippen molar-refractivity contribution in [2.45, 2.75) is 26.2 Å². The molecule has 0 amide bonds. The molecule has 0 saturated carbocycles. The second kappa shape index (κ2) is 6.77. The number of likely N-dealkylation sites (tertiary alicyclic amines) is 1. The average Bonchev–Trinajstić information content (AvgIpc) is 2.23. The lowest BCUT2D eigenvalue weighted by atomic mass is 9.80. The van der Waals surface area contributed by atoms with Crippen LogP contribution in [0.1, 0.15) is 26.2 Å². The summed E-state index contributed by atoms with van der Waals surface area (Å²) in [6.07, 6.45) is 6.17. The van der Waals surface area contributed by atoms with Crippen LogP contribution in [0, 0.1) is 5.41 Å². The van der Waals surface area contributed by atoms with Crippen molar-refractivity contribution < 1.29 is 0 Å². The highest BCUT2D eigenvalue weighted by atomic mass is 32.2. The molecule has 0 spiro atoms. The Kier molecular flexibility index (Phi) is 6.02. The van der Waals surface area contributed by atoms with E-state index in [2.05, 4.69) is 30.4 Å². The standard InChI is InChI=1S/C12H26N2S/c1-12(5-8-14(2)9-6-12)11-13-7-4-10-15-3/h13H,4-11H2,1-3H3. The van der Waals surface area contributed by atoms with Crippen LogP contribution in [0.2, 0.25) is 0 Å². The van der Waals surface area contributed by atoms with E-state index in [4.69, 9.17) is 0 Å². The number of piperidine rings is 1. The SMILES string of the molecule is CSCCCNCC1(C)CCN(C)CC1. The third kappa shape index (κ3) is 5.23. The van der Waals surface area contributed by atoms with Gasteiger partial charge in [-0.25, -0.2) is 0 Å². The van der Waals surface area contributed by atoms with Crippen LogP contribution in [0.5, 0.6) is 0 Å². The second-order valence-electron chi connectivity index (χ2n) is 5.14. The molecule has 1 fully saturated rings. The molecule has 0 bridgehead atoms. The lowest BCUT2D eigenvalue weighted by molar-refractivity contribution is 0.137. The Morgan fingerprint density at radius 1 is 1.33 bits per heavy atom. The molecule has 90 valence electrons. The minimum atomic E-state index is 0.547. The first kappa shape index (κ1) is 13.3. The van der Waals surface area contributed by atoms with E-state index < -0.39 is 0 Å². The first-order chi connectivity index (χ1) is 7.16. The van der Waals surface area contributed by atoms with Gasteiger partial charge in [-0.1, -0.05) is 6.92 Å². The highest BCUT2D eigenvalue weighted by Crippen LogP contribution is 2.29. The smallest absolute Gasteiger partial charge is 0.000612 e. The largest absolute Gasteiger partial charge is 0.316 e. The van der Waals surface area contributed by atoms with E-state index in [0.29, 0.717) is 5.41 Å². The molecule has 0 atom stereocenters. The van der Waals surface area contributed by atoms with Crippen molar-refractivity contribution >= 4 is 11.8 Å². The molecule has 0 radical (unpaired) electrons. The minimum absolute atomic E-state index is 0.547. The normalized spacial score (nSPS) is 21.8. The summed E-state index contributed by atoms with van der Waals surface area (Å²) in [6, 6.07) is 0. The fraction of sp³-hybridized carbons (Fsp3) is 1.00. The lowest BCUT2D eigenvalue weighted by Crippen LogP contribution is -2.42. The monoisotopic (exact) mass is 230 g/mol. The van der Waals surface area contributed by atoms with Crippen LogP contribution in [0.25, 0.3) is 0 Å². The molecule has 0 aromatic heterocycles. The van der Waals surface area contributed by atoms with Gasteiger partial charge in [0.05, 0.1) is 0 Å². The fourth-order valence-electron chi connectivity index (χ4n) is 2.07. The van der Waals surface area contributed by atoms with Gasteiger partial charge in [0.1, 0.15) is 0 Å². The van der Waals surface area contributed by atoms with Crippen molar-refractivity contribution in [2.24, 2.45) is 5.41 Å². The molecule has 1 aliphatic heterocycles. The molecule has 1 aliphatic rings. The molecule has 0 aromatic rings. The van der Waals surface area contributed by atoms with Gasteiger partial charge in [-0.3, -0.25) is 0 Å². The molecule has 0 aliphatic carbocycles. The third-order valence-electron chi connectivity index (χ3n) is 3.45. The number of hydrogen-bond donors (Lipinski definition) is 1. The maximum absolute atomic E-state index is 3.61. The van der Waals surface area contributed by atoms with E-state index in [1.165, 1.54) is 51.2 Å². The van der Waals surface area contributed by atoms with Gasteiger partial charge in [-0.15, -0.1) is 0 Å². The number of rotatable bonds is 6. The van der Waals surface area contributed by atoms with E-state index in [-0.39, 0.29) is 0 Å². The van der Waals surface area contributed by atoms with Crippen molar-refractivity contribution in [1.29, 1.82) is 0 Å². The molecule has 2 nitrogen and oxygen atoms in total. The van der Waals surface area contributed by atoms with Crippen molar-refractivity contribution in [1.82, 2.24) is 10.2 Å². The predicted octanol–water partition coefficient (Wildman–Crippen LogP) is 2.06. The Bertz CT molecular complexity index is 165. The van der Waals surface area contributed by atoms with Crippen molar-refractivity contribution in [3.05, 3.63) is 0 Å². The summed E-state index contributed by atoms with van der Waals surface area (Å²) < 4.78 is 0. The van der Waals surface area contributed by atoms with Gasteiger partial charge in [0, 0.05) is 6.54 Å². The summed E-state index contributed by atoms with van der Waals surface area (Å²) in [5.41, 5.74) is 0.547. The zero-order valence-electron chi connectivity index (χ0n) is 10.5. The number of nitrogens with zero attached hydrogens (tertiary/aromatic N) is 1. The van der Waals surface area contributed by atoms with Gasteiger partial charge in [0.15, 0.2) is 0 Å². The van der Waals surface area contributed by atoms with Crippen LogP contribution in [0.3, 0.4) is 0 Å². The van der Waals surface area contributed by atoms with Crippen LogP contribution in [-0.4, -0.2) is 50.1 Å². The van der Waals surface area contributed by atoms with E-state index in [0.717, 1.165) is 0 Å². The topological polar surface area (TPSA) is 15.3 Å². The molecular formula is C12H26N2S. The van der Waals surface area contributed by atoms with Crippen LogP contribution in [-0.2, 0) is 0 Å². The molecule has 1 N–H and O–H groups in total. The second-order valence-corrected chi connectivity index (χ2v) is 6.12. The van der Waals surface area contributed by atoms with Crippen molar-refractivity contribution in [2.75, 3.05) is 45.2 Å². The molecule has 15 heavy (non-hydrogen) atoms. The Labute approximate surface area is 99.2 Å². The molecular weight excluding hydrogens is 204 g/mol. The zero-order chi connectivity index (χ0) is 11.1. The van der Waals surface area contributed by atoms with Crippen molar-refractivity contribution in [3.8, 4) is 0 Å². The highest BCUT2D eigenvalue weighted by molar-refractivity contribution is 7.98. The van der Waals surface area contributed by atoms with Gasteiger partial charge in [0.25, 0.3) is 0 Å². The molecule has 0 aromatic carbocycles. The van der Waals surface area contributed by atoms with E-state index in [1.807, 2.05) is 11.8 Å². The number of nitrogens with one attached hydrogen (secondary N) is 1. The van der Waals surface area contributed by atoms with Crippen LogP contribution >= 0.6 is 11.8 Å². The van der Waals surface area contributed by atoms with E-state index >= 15 is 0 Å². The maximum Gasteiger partial charge on any atom is 0.000612 e. The molecule has 0 unspecified atom stereocenters. The number of hydrogen-bond acceptors (Lipinski definition) is 3. The molecule has 3 heteroatoms. The van der Waals surface area contributed by atoms with Crippen LogP contribution in [0.4, 0.5) is 0 Å². The molecule has 1 rings (SSSR count). The van der Waals surface area contributed by atoms with Crippen LogP contribution in [0.15, 0.2) is 0 Å². The quantitative estimate of drug-likeness (QED) is 0.703. The summed E-state index contributed by atoms with van der Waals surface area (Å²) in [5.74, 6) is 1.28.